The quantitative estimate of drug-likeness (QED) is 0.105. The number of nitrogens with one attached hydrogen (secondary N) is 1. The van der Waals surface area contributed by atoms with Crippen molar-refractivity contribution in [1.29, 1.82) is 0 Å². The lowest BCUT2D eigenvalue weighted by atomic mass is 9.86. The molecule has 0 amide bonds. The molecular weight excluding hydrogens is 550 g/mol. The average molecular weight is 583 g/mol. The molecule has 0 fully saturated rings. The van der Waals surface area contributed by atoms with Gasteiger partial charge in [0, 0.05) is 50.2 Å². The number of fused-ring (bicyclic) bond motifs is 2. The van der Waals surface area contributed by atoms with E-state index in [1.165, 1.54) is 10.9 Å². The molecule has 4 heterocycles. The standard InChI is InChI=1S/C31H31N7O5/c1-4-21-14-19(9-11-37(21)30(40)28(39)31(41)42)23-10-12-38-27(23)29(32-16-34-38)35-20-5-8-26(18(2)13-20)43-22-6-7-25-24(15-22)33-17-36(25)3/h5-8,10-13,15-17,19,21H,4,9,14H2,1-3H3,(H3-,32,34,35,39,40,41,42)/p+1/b30-28-. The molecule has 0 radical (unpaired) electrons. The van der Waals surface area contributed by atoms with Gasteiger partial charge >= 0.3 is 17.6 Å². The number of carboxylic acid groups (broad SMARTS) is 1. The summed E-state index contributed by atoms with van der Waals surface area (Å²) >= 11 is 0. The highest BCUT2D eigenvalue weighted by atomic mass is 16.5. The minimum atomic E-state index is -1.57. The Kier molecular flexibility index (Phi) is 7.18. The highest BCUT2D eigenvalue weighted by Crippen LogP contribution is 2.36. The molecule has 3 aromatic heterocycles. The maximum Gasteiger partial charge on any atom is 0.416 e. The minimum absolute atomic E-state index is 0.0616. The SMILES string of the molecule is CCC1CC(c2ccn3ncnc(Nc4ccc(Oc5ccc6c(c5)ncn6C)c(C)c4)c23)CC=[N+]1/C(O)=C(/O)C(=O)O. The summed E-state index contributed by atoms with van der Waals surface area (Å²) in [5.41, 5.74) is 5.54. The lowest BCUT2D eigenvalue weighted by Crippen LogP contribution is -2.34. The Morgan fingerprint density at radius 1 is 1.14 bits per heavy atom. The van der Waals surface area contributed by atoms with Crippen molar-refractivity contribution in [1.82, 2.24) is 24.1 Å². The number of aryl methyl sites for hydroxylation is 2. The van der Waals surface area contributed by atoms with Crippen LogP contribution < -0.4 is 10.1 Å². The zero-order chi connectivity index (χ0) is 30.2. The first-order valence-electron chi connectivity index (χ1n) is 14.0. The van der Waals surface area contributed by atoms with Crippen LogP contribution in [-0.2, 0) is 11.8 Å². The lowest BCUT2D eigenvalue weighted by Gasteiger charge is -2.24. The van der Waals surface area contributed by atoms with E-state index < -0.39 is 17.6 Å². The van der Waals surface area contributed by atoms with Crippen molar-refractivity contribution in [2.75, 3.05) is 5.32 Å². The Morgan fingerprint density at radius 2 is 1.98 bits per heavy atom. The zero-order valence-electron chi connectivity index (χ0n) is 24.0. The van der Waals surface area contributed by atoms with Gasteiger partial charge in [0.05, 0.1) is 17.4 Å². The first kappa shape index (κ1) is 27.8. The molecule has 1 aliphatic heterocycles. The van der Waals surface area contributed by atoms with Crippen LogP contribution in [0, 0.1) is 6.92 Å². The van der Waals surface area contributed by atoms with Gasteiger partial charge in [-0.25, -0.2) is 19.3 Å². The van der Waals surface area contributed by atoms with Crippen LogP contribution in [0.2, 0.25) is 0 Å². The molecule has 0 bridgehead atoms. The number of nitrogens with zero attached hydrogens (tertiary/aromatic N) is 6. The fraction of sp³-hybridized carbons (Fsp3) is 0.258. The molecular formula is C31H32N7O5+. The number of hydrogen-bond donors (Lipinski definition) is 4. The number of aromatic nitrogens is 5. The minimum Gasteiger partial charge on any atom is -0.495 e. The number of ether oxygens (including phenoxy) is 1. The van der Waals surface area contributed by atoms with Crippen molar-refractivity contribution in [3.63, 3.8) is 0 Å². The third kappa shape index (κ3) is 5.23. The summed E-state index contributed by atoms with van der Waals surface area (Å²) in [5, 5.41) is 37.1. The van der Waals surface area contributed by atoms with E-state index in [2.05, 4.69) is 20.4 Å². The molecule has 5 aromatic rings. The van der Waals surface area contributed by atoms with Crippen LogP contribution >= 0.6 is 0 Å². The van der Waals surface area contributed by atoms with Gasteiger partial charge in [0.15, 0.2) is 11.9 Å². The van der Waals surface area contributed by atoms with Crippen molar-refractivity contribution < 1.29 is 29.4 Å². The summed E-state index contributed by atoms with van der Waals surface area (Å²) in [6, 6.07) is 13.5. The molecule has 4 N–H and O–H groups in total. The van der Waals surface area contributed by atoms with Gasteiger partial charge in [0.1, 0.15) is 29.6 Å². The van der Waals surface area contributed by atoms with Gasteiger partial charge < -0.3 is 29.9 Å². The topological polar surface area (TPSA) is 150 Å². The maximum absolute atomic E-state index is 11.2. The van der Waals surface area contributed by atoms with Crippen LogP contribution in [0.3, 0.4) is 0 Å². The predicted octanol–water partition coefficient (Wildman–Crippen LogP) is 5.57. The summed E-state index contributed by atoms with van der Waals surface area (Å²) in [4.78, 5) is 20.2. The van der Waals surface area contributed by atoms with Gasteiger partial charge in [0.25, 0.3) is 0 Å². The molecule has 12 nitrogen and oxygen atoms in total. The Labute approximate surface area is 246 Å². The van der Waals surface area contributed by atoms with Gasteiger partial charge in [-0.3, -0.25) is 0 Å². The van der Waals surface area contributed by atoms with E-state index in [4.69, 9.17) is 9.84 Å². The average Bonchev–Trinajstić information content (AvgIpc) is 3.61. The molecule has 2 aromatic carbocycles. The molecule has 220 valence electrons. The Balaban J connectivity index is 1.25. The van der Waals surface area contributed by atoms with E-state index >= 15 is 0 Å². The van der Waals surface area contributed by atoms with Crippen LogP contribution in [0.1, 0.15) is 43.2 Å². The summed E-state index contributed by atoms with van der Waals surface area (Å²) in [7, 11) is 1.96. The largest absolute Gasteiger partial charge is 0.495 e. The number of hydrogen-bond acceptors (Lipinski definition) is 8. The van der Waals surface area contributed by atoms with Crippen LogP contribution in [0.25, 0.3) is 16.6 Å². The first-order chi connectivity index (χ1) is 20.7. The molecule has 2 atom stereocenters. The molecule has 0 aliphatic carbocycles. The summed E-state index contributed by atoms with van der Waals surface area (Å²) in [6.07, 6.45) is 8.70. The molecule has 12 heteroatoms. The number of rotatable bonds is 8. The molecule has 2 unspecified atom stereocenters. The van der Waals surface area contributed by atoms with Gasteiger partial charge in [0.2, 0.25) is 0 Å². The van der Waals surface area contributed by atoms with E-state index in [1.807, 2.05) is 74.1 Å². The number of carboxylic acids is 1. The van der Waals surface area contributed by atoms with E-state index in [-0.39, 0.29) is 12.0 Å². The molecule has 0 saturated heterocycles. The normalized spacial score (nSPS) is 17.5. The highest BCUT2D eigenvalue weighted by molar-refractivity contribution is 5.84. The number of benzene rings is 2. The molecule has 0 spiro atoms. The number of aliphatic carboxylic acids is 1. The second-order valence-corrected chi connectivity index (χ2v) is 10.7. The Morgan fingerprint density at radius 3 is 2.74 bits per heavy atom. The van der Waals surface area contributed by atoms with E-state index in [0.29, 0.717) is 30.8 Å². The zero-order valence-corrected chi connectivity index (χ0v) is 24.0. The van der Waals surface area contributed by atoms with E-state index in [0.717, 1.165) is 39.1 Å². The third-order valence-corrected chi connectivity index (χ3v) is 7.95. The van der Waals surface area contributed by atoms with Gasteiger partial charge in [-0.15, -0.1) is 0 Å². The Bertz CT molecular complexity index is 1920. The summed E-state index contributed by atoms with van der Waals surface area (Å²) in [6.45, 7) is 3.94. The lowest BCUT2D eigenvalue weighted by molar-refractivity contribution is -0.550. The molecule has 6 rings (SSSR count). The monoisotopic (exact) mass is 582 g/mol. The first-order valence-corrected chi connectivity index (χ1v) is 14.0. The second-order valence-electron chi connectivity index (χ2n) is 10.7. The number of aliphatic hydroxyl groups excluding tert-OH is 2. The van der Waals surface area contributed by atoms with Crippen LogP contribution in [0.4, 0.5) is 11.5 Å². The van der Waals surface area contributed by atoms with Crippen LogP contribution in [0.15, 0.2) is 73.0 Å². The number of imidazole rings is 1. The highest BCUT2D eigenvalue weighted by Gasteiger charge is 2.36. The van der Waals surface area contributed by atoms with Crippen molar-refractivity contribution in [3.8, 4) is 11.5 Å². The van der Waals surface area contributed by atoms with Crippen molar-refractivity contribution >= 4 is 40.2 Å². The number of carbonyl (C=O) groups is 1. The Hall–Kier alpha value is -5.39. The van der Waals surface area contributed by atoms with Crippen molar-refractivity contribution in [3.05, 3.63) is 84.1 Å². The van der Waals surface area contributed by atoms with Gasteiger partial charge in [-0.05, 0) is 54.4 Å². The van der Waals surface area contributed by atoms with Gasteiger partial charge in [-0.2, -0.15) is 9.67 Å². The van der Waals surface area contributed by atoms with Crippen molar-refractivity contribution in [2.45, 2.75) is 45.1 Å². The molecule has 43 heavy (non-hydrogen) atoms. The third-order valence-electron chi connectivity index (χ3n) is 7.95. The summed E-state index contributed by atoms with van der Waals surface area (Å²) < 4.78 is 11.4. The van der Waals surface area contributed by atoms with E-state index in [1.54, 1.807) is 17.1 Å². The summed E-state index contributed by atoms with van der Waals surface area (Å²) in [5.74, 6) is -1.14. The fourth-order valence-corrected chi connectivity index (χ4v) is 5.71. The van der Waals surface area contributed by atoms with Crippen molar-refractivity contribution in [2.24, 2.45) is 7.05 Å². The maximum atomic E-state index is 11.2. The molecule has 1 aliphatic rings. The van der Waals surface area contributed by atoms with Crippen LogP contribution in [-0.4, -0.2) is 62.3 Å². The van der Waals surface area contributed by atoms with E-state index in [9.17, 15) is 15.0 Å². The number of anilines is 2. The predicted molar refractivity (Wildman–Crippen MR) is 161 cm³/mol. The molecule has 0 saturated carbocycles. The smallest absolute Gasteiger partial charge is 0.416 e. The van der Waals surface area contributed by atoms with Gasteiger partial charge in [-0.1, -0.05) is 6.92 Å². The number of aliphatic hydroxyl groups is 2. The second kappa shape index (κ2) is 11.1. The van der Waals surface area contributed by atoms with Crippen LogP contribution in [0.5, 0.6) is 11.5 Å². The fourth-order valence-electron chi connectivity index (χ4n) is 5.71.